The lowest BCUT2D eigenvalue weighted by Crippen LogP contribution is -2.23. The van der Waals surface area contributed by atoms with E-state index in [1.54, 1.807) is 0 Å². The lowest BCUT2D eigenvalue weighted by atomic mass is 9.82. The van der Waals surface area contributed by atoms with Gasteiger partial charge in [-0.15, -0.1) is 11.6 Å². The van der Waals surface area contributed by atoms with Crippen molar-refractivity contribution in [3.63, 3.8) is 0 Å². The lowest BCUT2D eigenvalue weighted by Gasteiger charge is -2.28. The van der Waals surface area contributed by atoms with Crippen LogP contribution in [-0.2, 0) is 12.4 Å². The fourth-order valence-electron chi connectivity index (χ4n) is 2.01. The Morgan fingerprint density at radius 2 is 2.00 bits per heavy atom. The molecule has 1 aromatic carbocycles. The van der Waals surface area contributed by atoms with Gasteiger partial charge in [0.2, 0.25) is 0 Å². The maximum atomic E-state index is 6.21. The molecule has 1 unspecified atom stereocenters. The lowest BCUT2D eigenvalue weighted by molar-refractivity contribution is 0.233. The second-order valence-electron chi connectivity index (χ2n) is 6.15. The molecule has 1 aromatic heterocycles. The Bertz CT molecular complexity index is 582. The minimum atomic E-state index is 0.249. The standard InChI is InChI=1S/C15H20Cl2N2/c1-10(15(2,3)4)9-19-12-7-5-6-11(17)14(12)18-13(19)8-16/h5-7,10H,8-9H2,1-4H3. The van der Waals surface area contributed by atoms with E-state index < -0.39 is 0 Å². The van der Waals surface area contributed by atoms with Crippen molar-refractivity contribution in [3.05, 3.63) is 29.0 Å². The highest BCUT2D eigenvalue weighted by Crippen LogP contribution is 2.30. The Morgan fingerprint density at radius 3 is 2.58 bits per heavy atom. The molecule has 2 rings (SSSR count). The summed E-state index contributed by atoms with van der Waals surface area (Å²) in [5.41, 5.74) is 2.17. The number of hydrogen-bond acceptors (Lipinski definition) is 1. The molecule has 0 aliphatic carbocycles. The van der Waals surface area contributed by atoms with Gasteiger partial charge in [-0.25, -0.2) is 4.98 Å². The monoisotopic (exact) mass is 298 g/mol. The predicted octanol–water partition coefficient (Wildman–Crippen LogP) is 5.11. The molecule has 19 heavy (non-hydrogen) atoms. The first-order valence-corrected chi connectivity index (χ1v) is 7.45. The van der Waals surface area contributed by atoms with Gasteiger partial charge in [0.15, 0.2) is 0 Å². The summed E-state index contributed by atoms with van der Waals surface area (Å²) < 4.78 is 2.20. The Morgan fingerprint density at radius 1 is 1.32 bits per heavy atom. The topological polar surface area (TPSA) is 17.8 Å². The summed E-state index contributed by atoms with van der Waals surface area (Å²) >= 11 is 12.2. The van der Waals surface area contributed by atoms with Crippen LogP contribution >= 0.6 is 23.2 Å². The Kier molecular flexibility index (Phi) is 4.12. The summed E-state index contributed by atoms with van der Waals surface area (Å²) in [7, 11) is 0. The molecule has 0 radical (unpaired) electrons. The molecule has 2 aromatic rings. The molecule has 0 saturated heterocycles. The SMILES string of the molecule is CC(Cn1c(CCl)nc2c(Cl)cccc21)C(C)(C)C. The van der Waals surface area contributed by atoms with Crippen LogP contribution in [0, 0.1) is 11.3 Å². The van der Waals surface area contributed by atoms with E-state index in [0.29, 0.717) is 16.8 Å². The largest absolute Gasteiger partial charge is 0.327 e. The molecule has 2 nitrogen and oxygen atoms in total. The van der Waals surface area contributed by atoms with Gasteiger partial charge < -0.3 is 4.57 Å². The van der Waals surface area contributed by atoms with Gasteiger partial charge in [-0.1, -0.05) is 45.4 Å². The molecule has 0 N–H and O–H groups in total. The van der Waals surface area contributed by atoms with Crippen molar-refractivity contribution in [2.75, 3.05) is 0 Å². The third kappa shape index (κ3) is 2.90. The fraction of sp³-hybridized carbons (Fsp3) is 0.533. The Hall–Kier alpha value is -0.730. The number of hydrogen-bond donors (Lipinski definition) is 0. The van der Waals surface area contributed by atoms with Gasteiger partial charge in [0, 0.05) is 6.54 Å². The summed E-state index contributed by atoms with van der Waals surface area (Å²) in [6.07, 6.45) is 0. The number of benzene rings is 1. The smallest absolute Gasteiger partial charge is 0.124 e. The van der Waals surface area contributed by atoms with Crippen molar-refractivity contribution in [2.45, 2.75) is 40.1 Å². The van der Waals surface area contributed by atoms with E-state index in [1.165, 1.54) is 0 Å². The molecule has 0 amide bonds. The number of para-hydroxylation sites is 1. The van der Waals surface area contributed by atoms with Crippen molar-refractivity contribution in [3.8, 4) is 0 Å². The maximum absolute atomic E-state index is 6.21. The summed E-state index contributed by atoms with van der Waals surface area (Å²) in [6.45, 7) is 9.93. The van der Waals surface area contributed by atoms with Gasteiger partial charge in [0.05, 0.1) is 16.4 Å². The predicted molar refractivity (Wildman–Crippen MR) is 82.9 cm³/mol. The number of imidazole rings is 1. The van der Waals surface area contributed by atoms with Gasteiger partial charge in [0.1, 0.15) is 11.3 Å². The fourth-order valence-corrected chi connectivity index (χ4v) is 2.43. The summed E-state index contributed by atoms with van der Waals surface area (Å²) in [4.78, 5) is 4.56. The molecule has 0 bridgehead atoms. The van der Waals surface area contributed by atoms with Crippen LogP contribution in [0.15, 0.2) is 18.2 Å². The van der Waals surface area contributed by atoms with Gasteiger partial charge in [-0.2, -0.15) is 0 Å². The van der Waals surface area contributed by atoms with Crippen LogP contribution in [0.5, 0.6) is 0 Å². The number of aromatic nitrogens is 2. The van der Waals surface area contributed by atoms with Crippen molar-refractivity contribution in [2.24, 2.45) is 11.3 Å². The molecule has 4 heteroatoms. The molecule has 0 spiro atoms. The normalized spacial score (nSPS) is 14.0. The average molecular weight is 299 g/mol. The molecular formula is C15H20Cl2N2. The van der Waals surface area contributed by atoms with Crippen molar-refractivity contribution >= 4 is 34.2 Å². The van der Waals surface area contributed by atoms with Crippen LogP contribution in [0.2, 0.25) is 5.02 Å². The molecule has 104 valence electrons. The van der Waals surface area contributed by atoms with E-state index in [-0.39, 0.29) is 5.41 Å². The first-order valence-electron chi connectivity index (χ1n) is 6.54. The van der Waals surface area contributed by atoms with Crippen LogP contribution in [0.1, 0.15) is 33.5 Å². The van der Waals surface area contributed by atoms with Crippen LogP contribution in [0.25, 0.3) is 11.0 Å². The molecule has 0 aliphatic heterocycles. The van der Waals surface area contributed by atoms with E-state index in [4.69, 9.17) is 23.2 Å². The van der Waals surface area contributed by atoms with E-state index in [2.05, 4.69) is 43.3 Å². The maximum Gasteiger partial charge on any atom is 0.124 e. The highest BCUT2D eigenvalue weighted by atomic mass is 35.5. The van der Waals surface area contributed by atoms with Crippen LogP contribution in [0.4, 0.5) is 0 Å². The highest BCUT2D eigenvalue weighted by molar-refractivity contribution is 6.35. The number of halogens is 2. The second kappa shape index (κ2) is 5.34. The Balaban J connectivity index is 2.50. The third-order valence-electron chi connectivity index (χ3n) is 3.86. The zero-order valence-electron chi connectivity index (χ0n) is 11.9. The Labute approximate surface area is 124 Å². The highest BCUT2D eigenvalue weighted by Gasteiger charge is 2.22. The molecule has 1 heterocycles. The van der Waals surface area contributed by atoms with E-state index in [0.717, 1.165) is 23.4 Å². The average Bonchev–Trinajstić information content (AvgIpc) is 2.68. The van der Waals surface area contributed by atoms with Gasteiger partial charge in [0.25, 0.3) is 0 Å². The first kappa shape index (κ1) is 14.7. The zero-order chi connectivity index (χ0) is 14.2. The molecule has 0 aliphatic rings. The van der Waals surface area contributed by atoms with Gasteiger partial charge in [-0.05, 0) is 23.5 Å². The molecular weight excluding hydrogens is 279 g/mol. The second-order valence-corrected chi connectivity index (χ2v) is 6.82. The number of rotatable bonds is 3. The van der Waals surface area contributed by atoms with Crippen LogP contribution < -0.4 is 0 Å². The molecule has 1 atom stereocenters. The van der Waals surface area contributed by atoms with E-state index in [9.17, 15) is 0 Å². The number of fused-ring (bicyclic) bond motifs is 1. The number of alkyl halides is 1. The van der Waals surface area contributed by atoms with Gasteiger partial charge >= 0.3 is 0 Å². The van der Waals surface area contributed by atoms with E-state index in [1.807, 2.05) is 12.1 Å². The summed E-state index contributed by atoms with van der Waals surface area (Å²) in [6, 6.07) is 5.88. The van der Waals surface area contributed by atoms with Crippen LogP contribution in [0.3, 0.4) is 0 Å². The zero-order valence-corrected chi connectivity index (χ0v) is 13.4. The van der Waals surface area contributed by atoms with Crippen molar-refractivity contribution < 1.29 is 0 Å². The summed E-state index contributed by atoms with van der Waals surface area (Å²) in [5, 5.41) is 0.686. The van der Waals surface area contributed by atoms with Crippen molar-refractivity contribution in [1.82, 2.24) is 9.55 Å². The number of nitrogens with zero attached hydrogens (tertiary/aromatic N) is 2. The summed E-state index contributed by atoms with van der Waals surface area (Å²) in [5.74, 6) is 1.81. The first-order chi connectivity index (χ1) is 8.84. The quantitative estimate of drug-likeness (QED) is 0.720. The van der Waals surface area contributed by atoms with Gasteiger partial charge in [-0.3, -0.25) is 0 Å². The van der Waals surface area contributed by atoms with Crippen LogP contribution in [-0.4, -0.2) is 9.55 Å². The van der Waals surface area contributed by atoms with E-state index >= 15 is 0 Å². The van der Waals surface area contributed by atoms with Crippen molar-refractivity contribution in [1.29, 1.82) is 0 Å². The third-order valence-corrected chi connectivity index (χ3v) is 4.41. The minimum Gasteiger partial charge on any atom is -0.327 e. The molecule has 0 fully saturated rings. The molecule has 0 saturated carbocycles. The minimum absolute atomic E-state index is 0.249.